The highest BCUT2D eigenvalue weighted by atomic mass is 79.9. The van der Waals surface area contributed by atoms with Gasteiger partial charge in [0.15, 0.2) is 0 Å². The first-order valence-electron chi connectivity index (χ1n) is 5.98. The third kappa shape index (κ3) is 3.66. The van der Waals surface area contributed by atoms with Crippen LogP contribution in [0.3, 0.4) is 0 Å². The number of ether oxygens (including phenoxy) is 2. The zero-order chi connectivity index (χ0) is 14.5. The number of aliphatic hydroxyl groups is 1. The van der Waals surface area contributed by atoms with E-state index in [1.54, 1.807) is 25.3 Å². The van der Waals surface area contributed by atoms with E-state index in [-0.39, 0.29) is 6.61 Å². The molecule has 0 saturated heterocycles. The minimum Gasteiger partial charge on any atom is -0.496 e. The number of methoxy groups -OCH3 is 1. The lowest BCUT2D eigenvalue weighted by Crippen LogP contribution is -1.99. The number of benzene rings is 2. The SMILES string of the molecule is COc1ccc(COc2ccc(Cl)cc2CO)cc1Br. The second kappa shape index (κ2) is 6.97. The monoisotopic (exact) mass is 356 g/mol. The first-order valence-corrected chi connectivity index (χ1v) is 7.15. The van der Waals surface area contributed by atoms with Crippen molar-refractivity contribution in [3.05, 3.63) is 57.0 Å². The molecule has 20 heavy (non-hydrogen) atoms. The fourth-order valence-corrected chi connectivity index (χ4v) is 2.56. The van der Waals surface area contributed by atoms with Crippen molar-refractivity contribution in [3.63, 3.8) is 0 Å². The summed E-state index contributed by atoms with van der Waals surface area (Å²) in [5.74, 6) is 1.40. The Labute approximate surface area is 131 Å². The summed E-state index contributed by atoms with van der Waals surface area (Å²) in [5, 5.41) is 9.87. The lowest BCUT2D eigenvalue weighted by molar-refractivity contribution is 0.259. The Hall–Kier alpha value is -1.23. The molecule has 2 aromatic rings. The van der Waals surface area contributed by atoms with E-state index in [9.17, 15) is 5.11 Å². The molecule has 1 N–H and O–H groups in total. The minimum absolute atomic E-state index is 0.109. The Kier molecular flexibility index (Phi) is 5.29. The summed E-state index contributed by atoms with van der Waals surface area (Å²) < 4.78 is 11.8. The number of rotatable bonds is 5. The number of hydrogen-bond donors (Lipinski definition) is 1. The molecule has 3 nitrogen and oxygen atoms in total. The van der Waals surface area contributed by atoms with Gasteiger partial charge in [-0.25, -0.2) is 0 Å². The van der Waals surface area contributed by atoms with E-state index in [4.69, 9.17) is 21.1 Å². The summed E-state index contributed by atoms with van der Waals surface area (Å²) in [6.45, 7) is 0.291. The molecule has 0 aliphatic heterocycles. The molecular formula is C15H14BrClO3. The summed E-state index contributed by atoms with van der Waals surface area (Å²) in [6, 6.07) is 10.9. The van der Waals surface area contributed by atoms with E-state index in [2.05, 4.69) is 15.9 Å². The molecule has 0 saturated carbocycles. The highest BCUT2D eigenvalue weighted by Crippen LogP contribution is 2.27. The zero-order valence-corrected chi connectivity index (χ0v) is 13.2. The van der Waals surface area contributed by atoms with Gasteiger partial charge in [-0.15, -0.1) is 0 Å². The maximum absolute atomic E-state index is 9.29. The summed E-state index contributed by atoms with van der Waals surface area (Å²) in [7, 11) is 1.62. The molecule has 5 heteroatoms. The molecule has 106 valence electrons. The van der Waals surface area contributed by atoms with Crippen molar-refractivity contribution >= 4 is 27.5 Å². The van der Waals surface area contributed by atoms with E-state index >= 15 is 0 Å². The quantitative estimate of drug-likeness (QED) is 0.872. The second-order valence-electron chi connectivity index (χ2n) is 4.17. The van der Waals surface area contributed by atoms with Gasteiger partial charge in [0.2, 0.25) is 0 Å². The van der Waals surface area contributed by atoms with E-state index in [0.29, 0.717) is 22.9 Å². The van der Waals surface area contributed by atoms with Gasteiger partial charge >= 0.3 is 0 Å². The Morgan fingerprint density at radius 3 is 2.55 bits per heavy atom. The van der Waals surface area contributed by atoms with Gasteiger partial charge in [-0.1, -0.05) is 17.7 Å². The predicted octanol–water partition coefficient (Wildman–Crippen LogP) is 4.18. The molecule has 0 amide bonds. The van der Waals surface area contributed by atoms with Gasteiger partial charge in [-0.3, -0.25) is 0 Å². The molecule has 0 aliphatic rings. The van der Waals surface area contributed by atoms with Crippen LogP contribution in [0.2, 0.25) is 5.02 Å². The summed E-state index contributed by atoms with van der Waals surface area (Å²) in [5.41, 5.74) is 1.67. The van der Waals surface area contributed by atoms with Crippen LogP contribution in [-0.4, -0.2) is 12.2 Å². The maximum atomic E-state index is 9.29. The van der Waals surface area contributed by atoms with Crippen LogP contribution in [0.15, 0.2) is 40.9 Å². The summed E-state index contributed by atoms with van der Waals surface area (Å²) in [4.78, 5) is 0. The third-order valence-electron chi connectivity index (χ3n) is 2.80. The molecule has 2 rings (SSSR count). The molecule has 0 heterocycles. The van der Waals surface area contributed by atoms with Crippen LogP contribution in [0.5, 0.6) is 11.5 Å². The van der Waals surface area contributed by atoms with Crippen molar-refractivity contribution in [2.24, 2.45) is 0 Å². The average Bonchev–Trinajstić information content (AvgIpc) is 2.46. The summed E-state index contributed by atoms with van der Waals surface area (Å²) >= 11 is 9.31. The Morgan fingerprint density at radius 1 is 1.15 bits per heavy atom. The largest absolute Gasteiger partial charge is 0.496 e. The van der Waals surface area contributed by atoms with Crippen molar-refractivity contribution in [3.8, 4) is 11.5 Å². The average molecular weight is 358 g/mol. The van der Waals surface area contributed by atoms with Gasteiger partial charge in [0.05, 0.1) is 18.2 Å². The van der Waals surface area contributed by atoms with E-state index in [0.717, 1.165) is 15.8 Å². The maximum Gasteiger partial charge on any atom is 0.133 e. The molecule has 0 radical (unpaired) electrons. The predicted molar refractivity (Wildman–Crippen MR) is 82.4 cm³/mol. The van der Waals surface area contributed by atoms with Gasteiger partial charge in [0.25, 0.3) is 0 Å². The van der Waals surface area contributed by atoms with Gasteiger partial charge in [-0.2, -0.15) is 0 Å². The Morgan fingerprint density at radius 2 is 1.90 bits per heavy atom. The van der Waals surface area contributed by atoms with Crippen LogP contribution in [-0.2, 0) is 13.2 Å². The Balaban J connectivity index is 2.10. The van der Waals surface area contributed by atoms with Crippen LogP contribution >= 0.6 is 27.5 Å². The van der Waals surface area contributed by atoms with Crippen molar-refractivity contribution in [1.29, 1.82) is 0 Å². The van der Waals surface area contributed by atoms with E-state index < -0.39 is 0 Å². The molecule has 2 aromatic carbocycles. The molecule has 0 aliphatic carbocycles. The van der Waals surface area contributed by atoms with Crippen molar-refractivity contribution < 1.29 is 14.6 Å². The van der Waals surface area contributed by atoms with Gasteiger partial charge in [0.1, 0.15) is 18.1 Å². The standard InChI is InChI=1S/C15H14BrClO3/c1-19-15-4-2-10(6-13(15)16)9-20-14-5-3-12(17)7-11(14)8-18/h2-7,18H,8-9H2,1H3. The van der Waals surface area contributed by atoms with E-state index in [1.165, 1.54) is 0 Å². The van der Waals surface area contributed by atoms with Crippen LogP contribution in [0, 0.1) is 0 Å². The minimum atomic E-state index is -0.109. The first-order chi connectivity index (χ1) is 9.63. The summed E-state index contributed by atoms with van der Waals surface area (Å²) in [6.07, 6.45) is 0. The smallest absolute Gasteiger partial charge is 0.133 e. The van der Waals surface area contributed by atoms with Gasteiger partial charge < -0.3 is 14.6 Å². The molecule has 0 aromatic heterocycles. The molecule has 0 unspecified atom stereocenters. The third-order valence-corrected chi connectivity index (χ3v) is 3.66. The van der Waals surface area contributed by atoms with Gasteiger partial charge in [-0.05, 0) is 51.8 Å². The second-order valence-corrected chi connectivity index (χ2v) is 5.46. The molecular weight excluding hydrogens is 344 g/mol. The normalized spacial score (nSPS) is 10.4. The van der Waals surface area contributed by atoms with Crippen molar-refractivity contribution in [2.45, 2.75) is 13.2 Å². The number of hydrogen-bond acceptors (Lipinski definition) is 3. The highest BCUT2D eigenvalue weighted by Gasteiger charge is 2.06. The van der Waals surface area contributed by atoms with Crippen LogP contribution in [0.25, 0.3) is 0 Å². The first kappa shape index (κ1) is 15.2. The fraction of sp³-hybridized carbons (Fsp3) is 0.200. The fourth-order valence-electron chi connectivity index (χ4n) is 1.77. The van der Waals surface area contributed by atoms with E-state index in [1.807, 2.05) is 18.2 Å². The molecule has 0 fully saturated rings. The topological polar surface area (TPSA) is 38.7 Å². The molecule has 0 bridgehead atoms. The van der Waals surface area contributed by atoms with Crippen LogP contribution in [0.4, 0.5) is 0 Å². The van der Waals surface area contributed by atoms with Crippen LogP contribution < -0.4 is 9.47 Å². The lowest BCUT2D eigenvalue weighted by atomic mass is 10.2. The van der Waals surface area contributed by atoms with Crippen molar-refractivity contribution in [1.82, 2.24) is 0 Å². The van der Waals surface area contributed by atoms with Crippen molar-refractivity contribution in [2.75, 3.05) is 7.11 Å². The molecule has 0 atom stereocenters. The number of halogens is 2. The zero-order valence-electron chi connectivity index (χ0n) is 10.9. The molecule has 0 spiro atoms. The Bertz CT molecular complexity index is 602. The highest BCUT2D eigenvalue weighted by molar-refractivity contribution is 9.10. The van der Waals surface area contributed by atoms with Crippen LogP contribution in [0.1, 0.15) is 11.1 Å². The number of aliphatic hydroxyl groups excluding tert-OH is 1. The van der Waals surface area contributed by atoms with Gasteiger partial charge in [0, 0.05) is 10.6 Å². The lowest BCUT2D eigenvalue weighted by Gasteiger charge is -2.11.